The standard InChI is InChI=1S/C8H12N2O2/c1-3-4-5-6-7(11)10(2)8(12)9-6/h3,6H,1,4-5H2,2H3,(H,9,12). The number of hydrogen-bond acceptors (Lipinski definition) is 2. The van der Waals surface area contributed by atoms with Gasteiger partial charge in [0.2, 0.25) is 0 Å². The zero-order valence-corrected chi connectivity index (χ0v) is 7.04. The fourth-order valence-corrected chi connectivity index (χ4v) is 1.12. The molecule has 4 nitrogen and oxygen atoms in total. The fourth-order valence-electron chi connectivity index (χ4n) is 1.12. The molecule has 1 heterocycles. The summed E-state index contributed by atoms with van der Waals surface area (Å²) in [6, 6.07) is -0.658. The van der Waals surface area contributed by atoms with Crippen molar-refractivity contribution in [3.63, 3.8) is 0 Å². The van der Waals surface area contributed by atoms with Crippen LogP contribution in [0.2, 0.25) is 0 Å². The van der Waals surface area contributed by atoms with E-state index < -0.39 is 0 Å². The van der Waals surface area contributed by atoms with Gasteiger partial charge in [-0.25, -0.2) is 4.79 Å². The van der Waals surface area contributed by atoms with E-state index in [1.807, 2.05) is 0 Å². The second kappa shape index (κ2) is 3.38. The van der Waals surface area contributed by atoms with Gasteiger partial charge in [0.25, 0.3) is 5.91 Å². The molecule has 1 N–H and O–H groups in total. The number of likely N-dealkylation sites (N-methyl/N-ethyl adjacent to an activating group) is 1. The highest BCUT2D eigenvalue weighted by atomic mass is 16.2. The Morgan fingerprint density at radius 3 is 2.75 bits per heavy atom. The van der Waals surface area contributed by atoms with Gasteiger partial charge in [0.15, 0.2) is 0 Å². The molecule has 1 unspecified atom stereocenters. The Hall–Kier alpha value is -1.32. The van der Waals surface area contributed by atoms with Crippen molar-refractivity contribution in [1.82, 2.24) is 10.2 Å². The van der Waals surface area contributed by atoms with E-state index in [-0.39, 0.29) is 18.0 Å². The van der Waals surface area contributed by atoms with E-state index >= 15 is 0 Å². The zero-order valence-electron chi connectivity index (χ0n) is 7.04. The molecule has 0 aromatic rings. The molecule has 1 aliphatic heterocycles. The minimum absolute atomic E-state index is 0.151. The number of urea groups is 1. The third-order valence-corrected chi connectivity index (χ3v) is 1.89. The molecular formula is C8H12N2O2. The highest BCUT2D eigenvalue weighted by Crippen LogP contribution is 2.08. The lowest BCUT2D eigenvalue weighted by Crippen LogP contribution is -2.28. The quantitative estimate of drug-likeness (QED) is 0.493. The summed E-state index contributed by atoms with van der Waals surface area (Å²) in [6.45, 7) is 3.55. The number of rotatable bonds is 3. The third kappa shape index (κ3) is 1.47. The van der Waals surface area contributed by atoms with E-state index in [0.29, 0.717) is 6.42 Å². The Morgan fingerprint density at radius 2 is 2.33 bits per heavy atom. The highest BCUT2D eigenvalue weighted by molar-refractivity contribution is 6.03. The molecule has 1 fully saturated rings. The Kier molecular flexibility index (Phi) is 2.47. The second-order valence-corrected chi connectivity index (χ2v) is 2.77. The summed E-state index contributed by atoms with van der Waals surface area (Å²) in [5.41, 5.74) is 0. The van der Waals surface area contributed by atoms with Crippen LogP contribution in [0.3, 0.4) is 0 Å². The van der Waals surface area contributed by atoms with E-state index in [0.717, 1.165) is 11.3 Å². The van der Waals surface area contributed by atoms with Crippen LogP contribution in [0, 0.1) is 0 Å². The van der Waals surface area contributed by atoms with Crippen LogP contribution in [0.25, 0.3) is 0 Å². The number of nitrogens with zero attached hydrogens (tertiary/aromatic N) is 1. The van der Waals surface area contributed by atoms with Crippen LogP contribution in [-0.2, 0) is 4.79 Å². The van der Waals surface area contributed by atoms with Gasteiger partial charge in [-0.2, -0.15) is 0 Å². The van der Waals surface area contributed by atoms with Gasteiger partial charge < -0.3 is 5.32 Å². The molecule has 0 spiro atoms. The normalized spacial score (nSPS) is 22.8. The van der Waals surface area contributed by atoms with Gasteiger partial charge >= 0.3 is 6.03 Å². The monoisotopic (exact) mass is 168 g/mol. The van der Waals surface area contributed by atoms with E-state index in [1.165, 1.54) is 7.05 Å². The lowest BCUT2D eigenvalue weighted by atomic mass is 10.1. The molecular weight excluding hydrogens is 156 g/mol. The van der Waals surface area contributed by atoms with Crippen LogP contribution in [0.1, 0.15) is 12.8 Å². The lowest BCUT2D eigenvalue weighted by molar-refractivity contribution is -0.126. The average Bonchev–Trinajstić information content (AvgIpc) is 2.30. The van der Waals surface area contributed by atoms with Crippen molar-refractivity contribution in [1.29, 1.82) is 0 Å². The molecule has 0 bridgehead atoms. The SMILES string of the molecule is C=CCCC1NC(=O)N(C)C1=O. The van der Waals surface area contributed by atoms with Gasteiger partial charge in [-0.1, -0.05) is 6.08 Å². The Labute approximate surface area is 71.2 Å². The van der Waals surface area contributed by atoms with Crippen LogP contribution >= 0.6 is 0 Å². The summed E-state index contributed by atoms with van der Waals surface area (Å²) in [5, 5.41) is 2.58. The fraction of sp³-hybridized carbons (Fsp3) is 0.500. The van der Waals surface area contributed by atoms with Crippen molar-refractivity contribution >= 4 is 11.9 Å². The number of allylic oxidation sites excluding steroid dienone is 1. The third-order valence-electron chi connectivity index (χ3n) is 1.89. The maximum atomic E-state index is 11.2. The Morgan fingerprint density at radius 1 is 1.67 bits per heavy atom. The van der Waals surface area contributed by atoms with Gasteiger partial charge in [0, 0.05) is 7.05 Å². The van der Waals surface area contributed by atoms with Crippen molar-refractivity contribution < 1.29 is 9.59 Å². The minimum atomic E-state index is -0.347. The van der Waals surface area contributed by atoms with Crippen molar-refractivity contribution in [2.45, 2.75) is 18.9 Å². The number of amides is 3. The molecule has 1 saturated heterocycles. The van der Waals surface area contributed by atoms with Gasteiger partial charge in [-0.15, -0.1) is 6.58 Å². The van der Waals surface area contributed by atoms with E-state index in [4.69, 9.17) is 0 Å². The Balaban J connectivity index is 2.52. The molecule has 0 radical (unpaired) electrons. The second-order valence-electron chi connectivity index (χ2n) is 2.77. The van der Waals surface area contributed by atoms with Crippen molar-refractivity contribution in [2.75, 3.05) is 7.05 Å². The maximum Gasteiger partial charge on any atom is 0.324 e. The molecule has 1 aliphatic rings. The highest BCUT2D eigenvalue weighted by Gasteiger charge is 2.34. The van der Waals surface area contributed by atoms with E-state index in [2.05, 4.69) is 11.9 Å². The first-order valence-electron chi connectivity index (χ1n) is 3.85. The Bertz CT molecular complexity index is 225. The summed E-state index contributed by atoms with van der Waals surface area (Å²) in [4.78, 5) is 23.3. The summed E-state index contributed by atoms with van der Waals surface area (Å²) in [5.74, 6) is -0.151. The summed E-state index contributed by atoms with van der Waals surface area (Å²) in [7, 11) is 1.48. The summed E-state index contributed by atoms with van der Waals surface area (Å²) in [6.07, 6.45) is 3.11. The zero-order chi connectivity index (χ0) is 9.14. The number of imide groups is 1. The molecule has 1 rings (SSSR count). The number of carbonyl (C=O) groups is 2. The molecule has 66 valence electrons. The van der Waals surface area contributed by atoms with Gasteiger partial charge in [0.05, 0.1) is 0 Å². The number of carbonyl (C=O) groups excluding carboxylic acids is 2. The molecule has 3 amide bonds. The maximum absolute atomic E-state index is 11.2. The minimum Gasteiger partial charge on any atom is -0.326 e. The molecule has 1 atom stereocenters. The smallest absolute Gasteiger partial charge is 0.324 e. The van der Waals surface area contributed by atoms with E-state index in [1.54, 1.807) is 6.08 Å². The molecule has 0 aromatic heterocycles. The van der Waals surface area contributed by atoms with Crippen LogP contribution in [0.5, 0.6) is 0 Å². The average molecular weight is 168 g/mol. The molecule has 0 aliphatic carbocycles. The van der Waals surface area contributed by atoms with Crippen molar-refractivity contribution in [3.05, 3.63) is 12.7 Å². The first-order valence-corrected chi connectivity index (χ1v) is 3.85. The number of nitrogens with one attached hydrogen (secondary N) is 1. The first kappa shape index (κ1) is 8.77. The van der Waals surface area contributed by atoms with Crippen LogP contribution < -0.4 is 5.32 Å². The lowest BCUT2D eigenvalue weighted by Gasteiger charge is -2.04. The van der Waals surface area contributed by atoms with E-state index in [9.17, 15) is 9.59 Å². The molecule has 4 heteroatoms. The first-order chi connectivity index (χ1) is 5.66. The van der Waals surface area contributed by atoms with Gasteiger partial charge in [0.1, 0.15) is 6.04 Å². The summed E-state index contributed by atoms with van der Waals surface area (Å²) < 4.78 is 0. The van der Waals surface area contributed by atoms with Gasteiger partial charge in [-0.05, 0) is 12.8 Å². The van der Waals surface area contributed by atoms with Crippen molar-refractivity contribution in [3.8, 4) is 0 Å². The predicted molar refractivity (Wildman–Crippen MR) is 44.5 cm³/mol. The topological polar surface area (TPSA) is 49.4 Å². The molecule has 0 saturated carbocycles. The van der Waals surface area contributed by atoms with Crippen molar-refractivity contribution in [2.24, 2.45) is 0 Å². The van der Waals surface area contributed by atoms with Gasteiger partial charge in [-0.3, -0.25) is 9.69 Å². The number of hydrogen-bond donors (Lipinski definition) is 1. The summed E-state index contributed by atoms with van der Waals surface area (Å²) >= 11 is 0. The predicted octanol–water partition coefficient (Wildman–Crippen LogP) is 0.503. The van der Waals surface area contributed by atoms with Crippen LogP contribution in [0.15, 0.2) is 12.7 Å². The molecule has 0 aromatic carbocycles. The van der Waals surface area contributed by atoms with Crippen LogP contribution in [0.4, 0.5) is 4.79 Å². The van der Waals surface area contributed by atoms with Crippen LogP contribution in [-0.4, -0.2) is 29.9 Å². The largest absolute Gasteiger partial charge is 0.326 e. The molecule has 12 heavy (non-hydrogen) atoms.